The van der Waals surface area contributed by atoms with Crippen LogP contribution in [0.15, 0.2) is 95.7 Å². The van der Waals surface area contributed by atoms with Crippen LogP contribution in [0.1, 0.15) is 52.3 Å². The Hall–Kier alpha value is -4.30. The van der Waals surface area contributed by atoms with E-state index in [-0.39, 0.29) is 18.1 Å². The number of carbonyl (C=O) groups is 1. The molecule has 4 aromatic rings. The predicted molar refractivity (Wildman–Crippen MR) is 132 cm³/mol. The highest BCUT2D eigenvalue weighted by molar-refractivity contribution is 5.71. The minimum absolute atomic E-state index is 0.00315. The van der Waals surface area contributed by atoms with Crippen molar-refractivity contribution in [3.8, 4) is 0 Å². The van der Waals surface area contributed by atoms with Gasteiger partial charge in [-0.2, -0.15) is 0 Å². The Bertz CT molecular complexity index is 1390. The van der Waals surface area contributed by atoms with Crippen molar-refractivity contribution in [3.05, 3.63) is 125 Å². The maximum Gasteiger partial charge on any atom is 0.305 e. The number of hydrogen-bond acceptors (Lipinski definition) is 6. The number of hydrogen-bond donors (Lipinski definition) is 2. The van der Waals surface area contributed by atoms with E-state index >= 15 is 0 Å². The largest absolute Gasteiger partial charge is 0.481 e. The van der Waals surface area contributed by atoms with Crippen molar-refractivity contribution in [2.24, 2.45) is 0 Å². The zero-order valence-corrected chi connectivity index (χ0v) is 19.7. The van der Waals surface area contributed by atoms with Crippen LogP contribution in [0.3, 0.4) is 0 Å². The van der Waals surface area contributed by atoms with Crippen LogP contribution in [-0.4, -0.2) is 36.3 Å². The first-order chi connectivity index (χ1) is 17.4. The summed E-state index contributed by atoms with van der Waals surface area (Å²) in [5.41, 5.74) is 2.24. The van der Waals surface area contributed by atoms with E-state index in [2.05, 4.69) is 15.5 Å². The van der Waals surface area contributed by atoms with Crippen LogP contribution >= 0.6 is 0 Å². The van der Waals surface area contributed by atoms with Crippen molar-refractivity contribution in [1.29, 1.82) is 0 Å². The van der Waals surface area contributed by atoms with Crippen LogP contribution in [-0.2, 0) is 16.8 Å². The molecule has 8 nitrogen and oxygen atoms in total. The van der Waals surface area contributed by atoms with E-state index in [0.717, 1.165) is 11.1 Å². The van der Waals surface area contributed by atoms with E-state index < -0.39 is 17.5 Å². The number of aliphatic carboxylic acids is 1. The maximum absolute atomic E-state index is 11.9. The molecule has 1 unspecified atom stereocenters. The lowest BCUT2D eigenvalue weighted by Crippen LogP contribution is -2.28. The van der Waals surface area contributed by atoms with Crippen LogP contribution < -0.4 is 0 Å². The van der Waals surface area contributed by atoms with Crippen molar-refractivity contribution in [2.45, 2.75) is 37.3 Å². The predicted octanol–water partition coefficient (Wildman–Crippen LogP) is 4.33. The number of aromatic nitrogens is 4. The molecule has 0 amide bonds. The molecule has 5 rings (SSSR count). The zero-order chi connectivity index (χ0) is 25.1. The van der Waals surface area contributed by atoms with Crippen molar-refractivity contribution in [2.75, 3.05) is 0 Å². The molecule has 182 valence electrons. The fourth-order valence-electron chi connectivity index (χ4n) is 4.64. The van der Waals surface area contributed by atoms with E-state index in [0.29, 0.717) is 23.5 Å². The van der Waals surface area contributed by atoms with Crippen molar-refractivity contribution in [3.63, 3.8) is 0 Å². The molecule has 0 spiro atoms. The van der Waals surface area contributed by atoms with Crippen LogP contribution in [0.2, 0.25) is 0 Å². The molecule has 1 aliphatic rings. The number of carboxylic acids is 1. The lowest BCUT2D eigenvalue weighted by Gasteiger charge is -2.29. The number of allylic oxidation sites excluding steroid dienone is 4. The second kappa shape index (κ2) is 9.75. The molecule has 2 aromatic heterocycles. The summed E-state index contributed by atoms with van der Waals surface area (Å²) in [6.07, 6.45) is 7.83. The monoisotopic (exact) mass is 482 g/mol. The molecular formula is C28H26N4O4. The SMILES string of the molecule is Cc1noc(C2(CC(=O)O)C=CC(c3ccccc3)C=C2)c1C(O)c1cn(Cc2ccccc2)nn1. The quantitative estimate of drug-likeness (QED) is 0.359. The molecule has 0 saturated carbocycles. The Morgan fingerprint density at radius 3 is 2.42 bits per heavy atom. The average Bonchev–Trinajstić information content (AvgIpc) is 3.52. The van der Waals surface area contributed by atoms with E-state index in [1.807, 2.05) is 85.0 Å². The standard InChI is InChI=1S/C28H26N4O4/c1-19-25(26(35)23-18-32(31-29-23)17-20-8-4-2-5-9-20)27(36-30-19)28(16-24(33)34)14-12-22(13-15-28)21-10-6-3-7-11-21/h2-15,18,22,26,35H,16-17H2,1H3,(H,33,34). The van der Waals surface area contributed by atoms with E-state index in [1.165, 1.54) is 0 Å². The minimum atomic E-state index is -1.19. The smallest absolute Gasteiger partial charge is 0.305 e. The van der Waals surface area contributed by atoms with Gasteiger partial charge in [0.1, 0.15) is 11.8 Å². The van der Waals surface area contributed by atoms with Crippen molar-refractivity contribution >= 4 is 5.97 Å². The third-order valence-corrected chi connectivity index (χ3v) is 6.46. The number of aliphatic hydroxyl groups is 1. The van der Waals surface area contributed by atoms with Gasteiger partial charge in [-0.25, -0.2) is 4.68 Å². The van der Waals surface area contributed by atoms with Gasteiger partial charge < -0.3 is 14.7 Å². The molecule has 1 aliphatic carbocycles. The lowest BCUT2D eigenvalue weighted by atomic mass is 9.74. The second-order valence-electron chi connectivity index (χ2n) is 9.01. The Balaban J connectivity index is 1.47. The summed E-state index contributed by atoms with van der Waals surface area (Å²) in [4.78, 5) is 11.9. The van der Waals surface area contributed by atoms with Crippen molar-refractivity contribution < 1.29 is 19.5 Å². The molecule has 1 atom stereocenters. The Kier molecular flexibility index (Phi) is 6.35. The van der Waals surface area contributed by atoms with Crippen LogP contribution in [0.4, 0.5) is 0 Å². The van der Waals surface area contributed by atoms with Gasteiger partial charge in [0.15, 0.2) is 5.76 Å². The van der Waals surface area contributed by atoms with Gasteiger partial charge in [-0.3, -0.25) is 4.79 Å². The summed E-state index contributed by atoms with van der Waals surface area (Å²) in [6, 6.07) is 19.8. The highest BCUT2D eigenvalue weighted by Gasteiger charge is 2.41. The van der Waals surface area contributed by atoms with Gasteiger partial charge >= 0.3 is 5.97 Å². The summed E-state index contributed by atoms with van der Waals surface area (Å²) < 4.78 is 7.34. The minimum Gasteiger partial charge on any atom is -0.481 e. The van der Waals surface area contributed by atoms with E-state index in [9.17, 15) is 15.0 Å². The van der Waals surface area contributed by atoms with Gasteiger partial charge in [-0.1, -0.05) is 95.3 Å². The number of aryl methyl sites for hydroxylation is 1. The van der Waals surface area contributed by atoms with Gasteiger partial charge in [-0.05, 0) is 18.1 Å². The van der Waals surface area contributed by atoms with E-state index in [4.69, 9.17) is 4.52 Å². The number of aliphatic hydroxyl groups excluding tert-OH is 1. The summed E-state index contributed by atoms with van der Waals surface area (Å²) >= 11 is 0. The van der Waals surface area contributed by atoms with Crippen LogP contribution in [0.5, 0.6) is 0 Å². The number of nitrogens with zero attached hydrogens (tertiary/aromatic N) is 4. The normalized spacial score (nSPS) is 19.9. The molecule has 36 heavy (non-hydrogen) atoms. The summed E-state index contributed by atoms with van der Waals surface area (Å²) in [7, 11) is 0. The highest BCUT2D eigenvalue weighted by Crippen LogP contribution is 2.42. The van der Waals surface area contributed by atoms with Gasteiger partial charge in [-0.15, -0.1) is 5.10 Å². The average molecular weight is 483 g/mol. The number of benzene rings is 2. The third kappa shape index (κ3) is 4.63. The molecule has 0 fully saturated rings. The molecule has 0 radical (unpaired) electrons. The second-order valence-corrected chi connectivity index (χ2v) is 9.01. The fraction of sp³-hybridized carbons (Fsp3) is 0.214. The van der Waals surface area contributed by atoms with Crippen LogP contribution in [0, 0.1) is 6.92 Å². The molecule has 8 heteroatoms. The molecule has 0 saturated heterocycles. The Morgan fingerprint density at radius 1 is 1.08 bits per heavy atom. The zero-order valence-electron chi connectivity index (χ0n) is 19.7. The topological polar surface area (TPSA) is 114 Å². The molecule has 2 aromatic carbocycles. The van der Waals surface area contributed by atoms with Gasteiger partial charge in [0.25, 0.3) is 0 Å². The summed E-state index contributed by atoms with van der Waals surface area (Å²) in [6.45, 7) is 2.22. The first kappa shape index (κ1) is 23.4. The maximum atomic E-state index is 11.9. The highest BCUT2D eigenvalue weighted by atomic mass is 16.5. The Morgan fingerprint density at radius 2 is 1.75 bits per heavy atom. The molecule has 2 heterocycles. The van der Waals surface area contributed by atoms with Gasteiger partial charge in [0, 0.05) is 5.92 Å². The number of rotatable bonds is 8. The molecule has 0 bridgehead atoms. The molecular weight excluding hydrogens is 456 g/mol. The third-order valence-electron chi connectivity index (χ3n) is 6.46. The molecule has 0 aliphatic heterocycles. The molecule has 2 N–H and O–H groups in total. The first-order valence-corrected chi connectivity index (χ1v) is 11.7. The Labute approximate surface area is 208 Å². The lowest BCUT2D eigenvalue weighted by molar-refractivity contribution is -0.137. The van der Waals surface area contributed by atoms with E-state index in [1.54, 1.807) is 17.8 Å². The first-order valence-electron chi connectivity index (χ1n) is 11.7. The fourth-order valence-corrected chi connectivity index (χ4v) is 4.64. The summed E-state index contributed by atoms with van der Waals surface area (Å²) in [5, 5.41) is 33.5. The summed E-state index contributed by atoms with van der Waals surface area (Å²) in [5.74, 6) is -0.708. The van der Waals surface area contributed by atoms with Gasteiger partial charge in [0.2, 0.25) is 0 Å². The van der Waals surface area contributed by atoms with Crippen molar-refractivity contribution in [1.82, 2.24) is 20.2 Å². The van der Waals surface area contributed by atoms with Gasteiger partial charge in [0.05, 0.1) is 35.8 Å². The van der Waals surface area contributed by atoms with Crippen LogP contribution in [0.25, 0.3) is 0 Å². The number of carboxylic acid groups (broad SMARTS) is 1.